The standard InChI is InChI=1S/C16H27NO3/c18-12-4-9-17(10-5-13-19)11-6-14-20-15-16-7-2-1-3-8-16/h1-3,7-8,18-19H,4-6,9-15H2. The summed E-state index contributed by atoms with van der Waals surface area (Å²) in [5, 5.41) is 17.8. The fourth-order valence-electron chi connectivity index (χ4n) is 2.08. The molecule has 114 valence electrons. The summed E-state index contributed by atoms with van der Waals surface area (Å²) in [6.45, 7) is 4.57. The lowest BCUT2D eigenvalue weighted by Gasteiger charge is -2.21. The second kappa shape index (κ2) is 11.9. The molecular formula is C16H27NO3. The molecule has 0 amide bonds. The second-order valence-corrected chi connectivity index (χ2v) is 4.89. The Morgan fingerprint density at radius 1 is 0.850 bits per heavy atom. The van der Waals surface area contributed by atoms with Gasteiger partial charge >= 0.3 is 0 Å². The minimum absolute atomic E-state index is 0.222. The van der Waals surface area contributed by atoms with E-state index in [1.165, 1.54) is 5.56 Å². The summed E-state index contributed by atoms with van der Waals surface area (Å²) >= 11 is 0. The van der Waals surface area contributed by atoms with Gasteiger partial charge in [-0.05, 0) is 24.8 Å². The molecule has 0 bridgehead atoms. The second-order valence-electron chi connectivity index (χ2n) is 4.89. The Morgan fingerprint density at radius 3 is 2.05 bits per heavy atom. The molecular weight excluding hydrogens is 254 g/mol. The van der Waals surface area contributed by atoms with Crippen LogP contribution in [0.2, 0.25) is 0 Å². The SMILES string of the molecule is OCCCN(CCCO)CCCOCc1ccccc1. The fraction of sp³-hybridized carbons (Fsp3) is 0.625. The van der Waals surface area contributed by atoms with E-state index in [9.17, 15) is 0 Å². The zero-order valence-electron chi connectivity index (χ0n) is 12.2. The number of aliphatic hydroxyl groups is 2. The van der Waals surface area contributed by atoms with Crippen molar-refractivity contribution in [1.82, 2.24) is 4.90 Å². The molecule has 0 radical (unpaired) electrons. The number of benzene rings is 1. The van der Waals surface area contributed by atoms with Crippen LogP contribution in [0.3, 0.4) is 0 Å². The van der Waals surface area contributed by atoms with Gasteiger partial charge in [-0.2, -0.15) is 0 Å². The van der Waals surface area contributed by atoms with Crippen molar-refractivity contribution < 1.29 is 14.9 Å². The first kappa shape index (κ1) is 17.1. The fourth-order valence-corrected chi connectivity index (χ4v) is 2.08. The monoisotopic (exact) mass is 281 g/mol. The number of rotatable bonds is 12. The van der Waals surface area contributed by atoms with E-state index in [2.05, 4.69) is 17.0 Å². The summed E-state index contributed by atoms with van der Waals surface area (Å²) in [5.41, 5.74) is 1.20. The quantitative estimate of drug-likeness (QED) is 0.572. The molecule has 4 nitrogen and oxygen atoms in total. The Kier molecular flexibility index (Phi) is 10.1. The van der Waals surface area contributed by atoms with E-state index in [-0.39, 0.29) is 13.2 Å². The summed E-state index contributed by atoms with van der Waals surface area (Å²) in [6, 6.07) is 10.2. The average molecular weight is 281 g/mol. The first-order valence-electron chi connectivity index (χ1n) is 7.42. The van der Waals surface area contributed by atoms with Gasteiger partial charge in [-0.25, -0.2) is 0 Å². The lowest BCUT2D eigenvalue weighted by atomic mass is 10.2. The molecule has 0 aromatic heterocycles. The minimum Gasteiger partial charge on any atom is -0.396 e. The van der Waals surface area contributed by atoms with Crippen LogP contribution in [0.1, 0.15) is 24.8 Å². The number of ether oxygens (including phenoxy) is 1. The topological polar surface area (TPSA) is 52.9 Å². The van der Waals surface area contributed by atoms with Crippen LogP contribution in [-0.4, -0.2) is 54.6 Å². The van der Waals surface area contributed by atoms with Crippen molar-refractivity contribution >= 4 is 0 Å². The molecule has 4 heteroatoms. The summed E-state index contributed by atoms with van der Waals surface area (Å²) in [6.07, 6.45) is 2.55. The third-order valence-corrected chi connectivity index (χ3v) is 3.14. The molecule has 2 N–H and O–H groups in total. The van der Waals surface area contributed by atoms with Crippen molar-refractivity contribution in [3.05, 3.63) is 35.9 Å². The Hall–Kier alpha value is -0.940. The normalized spacial score (nSPS) is 11.2. The molecule has 0 heterocycles. The molecule has 1 aromatic carbocycles. The van der Waals surface area contributed by atoms with Crippen LogP contribution in [0.5, 0.6) is 0 Å². The first-order valence-corrected chi connectivity index (χ1v) is 7.42. The number of aliphatic hydroxyl groups excluding tert-OH is 2. The molecule has 0 saturated heterocycles. The van der Waals surface area contributed by atoms with Crippen molar-refractivity contribution in [1.29, 1.82) is 0 Å². The highest BCUT2D eigenvalue weighted by Crippen LogP contribution is 2.02. The van der Waals surface area contributed by atoms with Gasteiger partial charge in [-0.3, -0.25) is 0 Å². The van der Waals surface area contributed by atoms with Crippen LogP contribution in [0.4, 0.5) is 0 Å². The van der Waals surface area contributed by atoms with Crippen LogP contribution in [0.15, 0.2) is 30.3 Å². The van der Waals surface area contributed by atoms with Crippen LogP contribution in [-0.2, 0) is 11.3 Å². The smallest absolute Gasteiger partial charge is 0.0716 e. The van der Waals surface area contributed by atoms with E-state index < -0.39 is 0 Å². The maximum atomic E-state index is 8.88. The van der Waals surface area contributed by atoms with Gasteiger partial charge in [0.1, 0.15) is 0 Å². The van der Waals surface area contributed by atoms with E-state index >= 15 is 0 Å². The van der Waals surface area contributed by atoms with Crippen LogP contribution < -0.4 is 0 Å². The van der Waals surface area contributed by atoms with Crippen molar-refractivity contribution in [2.45, 2.75) is 25.9 Å². The van der Waals surface area contributed by atoms with Crippen LogP contribution >= 0.6 is 0 Å². The van der Waals surface area contributed by atoms with E-state index in [0.717, 1.165) is 45.5 Å². The van der Waals surface area contributed by atoms with Gasteiger partial charge in [0.15, 0.2) is 0 Å². The summed E-state index contributed by atoms with van der Waals surface area (Å²) in [4.78, 5) is 2.28. The molecule has 0 aliphatic carbocycles. The number of hydrogen-bond donors (Lipinski definition) is 2. The van der Waals surface area contributed by atoms with Crippen molar-refractivity contribution in [2.75, 3.05) is 39.5 Å². The van der Waals surface area contributed by atoms with Gasteiger partial charge in [-0.1, -0.05) is 30.3 Å². The first-order chi connectivity index (χ1) is 9.86. The van der Waals surface area contributed by atoms with E-state index in [4.69, 9.17) is 14.9 Å². The van der Waals surface area contributed by atoms with Gasteiger partial charge in [0.05, 0.1) is 6.61 Å². The molecule has 20 heavy (non-hydrogen) atoms. The molecule has 0 atom stereocenters. The van der Waals surface area contributed by atoms with Gasteiger partial charge in [0, 0.05) is 39.5 Å². The van der Waals surface area contributed by atoms with Gasteiger partial charge in [0.2, 0.25) is 0 Å². The highest BCUT2D eigenvalue weighted by atomic mass is 16.5. The van der Waals surface area contributed by atoms with E-state index in [1.54, 1.807) is 0 Å². The van der Waals surface area contributed by atoms with Crippen molar-refractivity contribution in [3.63, 3.8) is 0 Å². The number of nitrogens with zero attached hydrogens (tertiary/aromatic N) is 1. The minimum atomic E-state index is 0.222. The van der Waals surface area contributed by atoms with Gasteiger partial charge in [0.25, 0.3) is 0 Å². The summed E-state index contributed by atoms with van der Waals surface area (Å²) < 4.78 is 5.65. The molecule has 1 aromatic rings. The Balaban J connectivity index is 2.09. The van der Waals surface area contributed by atoms with Crippen molar-refractivity contribution in [2.24, 2.45) is 0 Å². The maximum Gasteiger partial charge on any atom is 0.0716 e. The van der Waals surface area contributed by atoms with Crippen LogP contribution in [0.25, 0.3) is 0 Å². The van der Waals surface area contributed by atoms with Gasteiger partial charge in [-0.15, -0.1) is 0 Å². The molecule has 0 aliphatic rings. The Bertz CT molecular complexity index is 311. The van der Waals surface area contributed by atoms with Crippen LogP contribution in [0, 0.1) is 0 Å². The highest BCUT2D eigenvalue weighted by molar-refractivity contribution is 5.13. The third-order valence-electron chi connectivity index (χ3n) is 3.14. The zero-order valence-corrected chi connectivity index (χ0v) is 12.2. The predicted molar refractivity (Wildman–Crippen MR) is 80.6 cm³/mol. The molecule has 1 rings (SSSR count). The summed E-state index contributed by atoms with van der Waals surface area (Å²) in [5.74, 6) is 0. The molecule has 0 fully saturated rings. The lowest BCUT2D eigenvalue weighted by molar-refractivity contribution is 0.106. The lowest BCUT2D eigenvalue weighted by Crippen LogP contribution is -2.29. The Morgan fingerprint density at radius 2 is 1.45 bits per heavy atom. The molecule has 0 aliphatic heterocycles. The maximum absolute atomic E-state index is 8.88. The largest absolute Gasteiger partial charge is 0.396 e. The highest BCUT2D eigenvalue weighted by Gasteiger charge is 2.03. The van der Waals surface area contributed by atoms with Crippen molar-refractivity contribution in [3.8, 4) is 0 Å². The average Bonchev–Trinajstić information content (AvgIpc) is 2.50. The zero-order chi connectivity index (χ0) is 14.5. The van der Waals surface area contributed by atoms with E-state index in [0.29, 0.717) is 6.61 Å². The molecule has 0 saturated carbocycles. The van der Waals surface area contributed by atoms with E-state index in [1.807, 2.05) is 18.2 Å². The molecule has 0 unspecified atom stereocenters. The third kappa shape index (κ3) is 8.27. The number of hydrogen-bond acceptors (Lipinski definition) is 4. The molecule has 0 spiro atoms. The Labute approximate surface area is 122 Å². The summed E-state index contributed by atoms with van der Waals surface area (Å²) in [7, 11) is 0. The van der Waals surface area contributed by atoms with Gasteiger partial charge < -0.3 is 19.8 Å². The predicted octanol–water partition coefficient (Wildman–Crippen LogP) is 1.66.